The summed E-state index contributed by atoms with van der Waals surface area (Å²) in [6.07, 6.45) is -2.38. The topological polar surface area (TPSA) is 21.3 Å². The molecule has 2 rings (SSSR count). The summed E-state index contributed by atoms with van der Waals surface area (Å²) in [6, 6.07) is 2.46. The largest absolute Gasteiger partial charge is 0.480 e. The number of nitrogens with one attached hydrogen (secondary N) is 1. The number of halogens is 3. The van der Waals surface area contributed by atoms with Gasteiger partial charge < -0.3 is 10.1 Å². The Morgan fingerprint density at radius 1 is 1.38 bits per heavy atom. The lowest BCUT2D eigenvalue weighted by Gasteiger charge is -2.22. The molecular weight excluding hydrogens is 239 g/mol. The second-order valence-electron chi connectivity index (χ2n) is 3.70. The lowest BCUT2D eigenvalue weighted by atomic mass is 10.1. The zero-order valence-electron chi connectivity index (χ0n) is 8.51. The van der Waals surface area contributed by atoms with Gasteiger partial charge in [0.2, 0.25) is 0 Å². The van der Waals surface area contributed by atoms with Crippen LogP contribution in [0.1, 0.15) is 17.7 Å². The van der Waals surface area contributed by atoms with Crippen LogP contribution < -0.4 is 10.1 Å². The van der Waals surface area contributed by atoms with Gasteiger partial charge in [0, 0.05) is 6.54 Å². The maximum atomic E-state index is 12.3. The number of piperidine rings is 1. The molecule has 2 heterocycles. The van der Waals surface area contributed by atoms with Gasteiger partial charge in [0.15, 0.2) is 5.06 Å². The molecule has 1 saturated heterocycles. The van der Waals surface area contributed by atoms with Crippen molar-refractivity contribution in [2.75, 3.05) is 13.1 Å². The first-order chi connectivity index (χ1) is 7.55. The fourth-order valence-electron chi connectivity index (χ4n) is 1.62. The van der Waals surface area contributed by atoms with Gasteiger partial charge in [-0.15, -0.1) is 0 Å². The summed E-state index contributed by atoms with van der Waals surface area (Å²) in [7, 11) is 0. The Bertz CT molecular complexity index is 344. The Morgan fingerprint density at radius 2 is 2.19 bits per heavy atom. The van der Waals surface area contributed by atoms with E-state index in [1.165, 1.54) is 6.07 Å². The van der Waals surface area contributed by atoms with E-state index in [-0.39, 0.29) is 6.10 Å². The van der Waals surface area contributed by atoms with E-state index in [9.17, 15) is 13.2 Å². The Labute approximate surface area is 95.4 Å². The summed E-state index contributed by atoms with van der Waals surface area (Å²) in [5.74, 6) is 0. The van der Waals surface area contributed by atoms with E-state index in [0.29, 0.717) is 22.9 Å². The molecule has 1 aromatic heterocycles. The molecule has 0 aliphatic carbocycles. The van der Waals surface area contributed by atoms with Crippen LogP contribution in [0.15, 0.2) is 12.1 Å². The Balaban J connectivity index is 1.97. The van der Waals surface area contributed by atoms with Crippen molar-refractivity contribution >= 4 is 11.3 Å². The van der Waals surface area contributed by atoms with Crippen molar-refractivity contribution < 1.29 is 17.9 Å². The Kier molecular flexibility index (Phi) is 3.39. The van der Waals surface area contributed by atoms with E-state index in [1.807, 2.05) is 0 Å². The monoisotopic (exact) mass is 251 g/mol. The zero-order valence-corrected chi connectivity index (χ0v) is 9.33. The van der Waals surface area contributed by atoms with Gasteiger partial charge in [0.25, 0.3) is 0 Å². The van der Waals surface area contributed by atoms with Crippen LogP contribution in [0.3, 0.4) is 0 Å². The first-order valence-corrected chi connectivity index (χ1v) is 5.92. The van der Waals surface area contributed by atoms with Gasteiger partial charge in [-0.25, -0.2) is 0 Å². The van der Waals surface area contributed by atoms with Crippen LogP contribution in [-0.2, 0) is 6.18 Å². The SMILES string of the molecule is FC(F)(F)c1ccc(OC2CCCNC2)s1. The molecule has 0 spiro atoms. The van der Waals surface area contributed by atoms with Crippen LogP contribution in [0.25, 0.3) is 0 Å². The highest BCUT2D eigenvalue weighted by Gasteiger charge is 2.33. The fraction of sp³-hybridized carbons (Fsp3) is 0.600. The van der Waals surface area contributed by atoms with E-state index >= 15 is 0 Å². The van der Waals surface area contributed by atoms with Gasteiger partial charge in [-0.05, 0) is 31.5 Å². The summed E-state index contributed by atoms with van der Waals surface area (Å²) in [4.78, 5) is -0.605. The molecule has 90 valence electrons. The van der Waals surface area contributed by atoms with Gasteiger partial charge in [0.1, 0.15) is 11.0 Å². The lowest BCUT2D eigenvalue weighted by Crippen LogP contribution is -2.36. The van der Waals surface area contributed by atoms with Crippen LogP contribution in [0, 0.1) is 0 Å². The third kappa shape index (κ3) is 2.89. The van der Waals surface area contributed by atoms with Crippen LogP contribution >= 0.6 is 11.3 Å². The molecule has 0 aromatic carbocycles. The van der Waals surface area contributed by atoms with Gasteiger partial charge in [-0.3, -0.25) is 0 Å². The molecule has 0 bridgehead atoms. The third-order valence-electron chi connectivity index (χ3n) is 2.40. The summed E-state index contributed by atoms with van der Waals surface area (Å²) in [5, 5.41) is 3.50. The van der Waals surface area contributed by atoms with Crippen molar-refractivity contribution in [2.24, 2.45) is 0 Å². The minimum Gasteiger partial charge on any atom is -0.480 e. The molecule has 1 aliphatic rings. The zero-order chi connectivity index (χ0) is 11.6. The third-order valence-corrected chi connectivity index (χ3v) is 3.42. The molecule has 2 nitrogen and oxygen atoms in total. The van der Waals surface area contributed by atoms with Crippen LogP contribution in [0.4, 0.5) is 13.2 Å². The van der Waals surface area contributed by atoms with Gasteiger partial charge >= 0.3 is 6.18 Å². The number of rotatable bonds is 2. The fourth-order valence-corrected chi connectivity index (χ4v) is 2.41. The van der Waals surface area contributed by atoms with Gasteiger partial charge in [-0.2, -0.15) is 13.2 Å². The molecule has 1 atom stereocenters. The average molecular weight is 251 g/mol. The van der Waals surface area contributed by atoms with Crippen molar-refractivity contribution in [3.63, 3.8) is 0 Å². The second-order valence-corrected chi connectivity index (χ2v) is 4.75. The highest BCUT2D eigenvalue weighted by Crippen LogP contribution is 2.38. The van der Waals surface area contributed by atoms with E-state index in [0.717, 1.165) is 25.5 Å². The summed E-state index contributed by atoms with van der Waals surface area (Å²) >= 11 is 0.658. The molecule has 1 unspecified atom stereocenters. The number of hydrogen-bond acceptors (Lipinski definition) is 3. The van der Waals surface area contributed by atoms with E-state index in [2.05, 4.69) is 5.32 Å². The first-order valence-electron chi connectivity index (χ1n) is 5.10. The predicted octanol–water partition coefficient (Wildman–Crippen LogP) is 2.90. The van der Waals surface area contributed by atoms with Crippen molar-refractivity contribution in [2.45, 2.75) is 25.1 Å². The molecule has 1 N–H and O–H groups in total. The number of alkyl halides is 3. The van der Waals surface area contributed by atoms with E-state index in [4.69, 9.17) is 4.74 Å². The molecule has 0 amide bonds. The molecule has 1 aromatic rings. The highest BCUT2D eigenvalue weighted by molar-refractivity contribution is 7.13. The second kappa shape index (κ2) is 4.63. The number of ether oxygens (including phenoxy) is 1. The van der Waals surface area contributed by atoms with Gasteiger partial charge in [-0.1, -0.05) is 11.3 Å². The van der Waals surface area contributed by atoms with Gasteiger partial charge in [0.05, 0.1) is 0 Å². The average Bonchev–Trinajstić information content (AvgIpc) is 2.67. The molecule has 1 fully saturated rings. The summed E-state index contributed by atoms with van der Waals surface area (Å²) < 4.78 is 42.5. The van der Waals surface area contributed by atoms with Crippen molar-refractivity contribution in [1.29, 1.82) is 0 Å². The maximum Gasteiger partial charge on any atom is 0.425 e. The smallest absolute Gasteiger partial charge is 0.425 e. The van der Waals surface area contributed by atoms with Crippen LogP contribution in [0.5, 0.6) is 5.06 Å². The molecule has 0 saturated carbocycles. The Morgan fingerprint density at radius 3 is 2.75 bits per heavy atom. The summed E-state index contributed by atoms with van der Waals surface area (Å²) in [6.45, 7) is 1.66. The molecule has 1 aliphatic heterocycles. The summed E-state index contributed by atoms with van der Waals surface area (Å²) in [5.41, 5.74) is 0. The number of thiophene rings is 1. The molecule has 0 radical (unpaired) electrons. The normalized spacial score (nSPS) is 22.1. The standard InChI is InChI=1S/C10H12F3NOS/c11-10(12,13)8-3-4-9(16-8)15-7-2-1-5-14-6-7/h3-4,7,14H,1-2,5-6H2. The molecular formula is C10H12F3NOS. The maximum absolute atomic E-state index is 12.3. The first kappa shape index (κ1) is 11.7. The quantitative estimate of drug-likeness (QED) is 0.872. The molecule has 16 heavy (non-hydrogen) atoms. The van der Waals surface area contributed by atoms with Crippen molar-refractivity contribution in [3.05, 3.63) is 17.0 Å². The predicted molar refractivity (Wildman–Crippen MR) is 55.8 cm³/mol. The molecule has 6 heteroatoms. The van der Waals surface area contributed by atoms with Crippen LogP contribution in [0.2, 0.25) is 0 Å². The number of hydrogen-bond donors (Lipinski definition) is 1. The minimum absolute atomic E-state index is 0.00603. The highest BCUT2D eigenvalue weighted by atomic mass is 32.1. The van der Waals surface area contributed by atoms with Crippen molar-refractivity contribution in [1.82, 2.24) is 5.32 Å². The Hall–Kier alpha value is -0.750. The van der Waals surface area contributed by atoms with E-state index < -0.39 is 11.1 Å². The van der Waals surface area contributed by atoms with Crippen molar-refractivity contribution in [3.8, 4) is 5.06 Å². The van der Waals surface area contributed by atoms with Crippen LogP contribution in [-0.4, -0.2) is 19.2 Å². The van der Waals surface area contributed by atoms with E-state index in [1.54, 1.807) is 0 Å². The lowest BCUT2D eigenvalue weighted by molar-refractivity contribution is -0.134. The minimum atomic E-state index is -4.27.